The third kappa shape index (κ3) is 4.67. The van der Waals surface area contributed by atoms with Crippen LogP contribution in [0, 0.1) is 28.7 Å². The lowest BCUT2D eigenvalue weighted by molar-refractivity contribution is -0.112. The molecule has 0 aliphatic rings. The summed E-state index contributed by atoms with van der Waals surface area (Å²) in [6, 6.07) is 17.0. The Hall–Kier alpha value is -2.27. The number of nitrogens with one attached hydrogen (secondary N) is 1. The van der Waals surface area contributed by atoms with E-state index in [9.17, 15) is 10.1 Å². The molecule has 1 amide bonds. The van der Waals surface area contributed by atoms with E-state index in [1.54, 1.807) is 24.3 Å². The second-order valence-corrected chi connectivity index (χ2v) is 8.40. The number of nitriles is 1. The van der Waals surface area contributed by atoms with Crippen molar-refractivity contribution in [1.82, 2.24) is 4.57 Å². The third-order valence-corrected chi connectivity index (χ3v) is 5.89. The number of aromatic nitrogens is 1. The number of halogens is 3. The molecule has 1 aromatic heterocycles. The lowest BCUT2D eigenvalue weighted by atomic mass is 10.1. The van der Waals surface area contributed by atoms with Gasteiger partial charge in [0.15, 0.2) is 0 Å². The second kappa shape index (κ2) is 9.04. The van der Waals surface area contributed by atoms with Gasteiger partial charge in [0.25, 0.3) is 5.91 Å². The predicted octanol–water partition coefficient (Wildman–Crippen LogP) is 6.55. The van der Waals surface area contributed by atoms with Gasteiger partial charge in [0.1, 0.15) is 11.6 Å². The molecular formula is C22H16Cl2IN3O. The van der Waals surface area contributed by atoms with Gasteiger partial charge in [-0.3, -0.25) is 4.79 Å². The first-order valence-electron chi connectivity index (χ1n) is 8.64. The number of amides is 1. The maximum absolute atomic E-state index is 12.6. The molecule has 4 nitrogen and oxygen atoms in total. The Kier molecular flexibility index (Phi) is 6.68. The fourth-order valence-electron chi connectivity index (χ4n) is 3.04. The molecule has 1 heterocycles. The van der Waals surface area contributed by atoms with Crippen molar-refractivity contribution in [3.8, 4) is 11.8 Å². The van der Waals surface area contributed by atoms with E-state index < -0.39 is 5.91 Å². The number of carbonyl (C=O) groups excluding carboxylic acids is 1. The van der Waals surface area contributed by atoms with Crippen LogP contribution in [0.2, 0.25) is 10.0 Å². The summed E-state index contributed by atoms with van der Waals surface area (Å²) < 4.78 is 3.22. The van der Waals surface area contributed by atoms with Gasteiger partial charge >= 0.3 is 0 Å². The van der Waals surface area contributed by atoms with E-state index in [4.69, 9.17) is 23.2 Å². The van der Waals surface area contributed by atoms with Crippen molar-refractivity contribution in [3.05, 3.63) is 84.7 Å². The van der Waals surface area contributed by atoms with Gasteiger partial charge in [-0.15, -0.1) is 0 Å². The van der Waals surface area contributed by atoms with Crippen LogP contribution in [0.1, 0.15) is 17.0 Å². The van der Waals surface area contributed by atoms with Gasteiger partial charge in [0.2, 0.25) is 0 Å². The summed E-state index contributed by atoms with van der Waals surface area (Å²) in [4.78, 5) is 12.6. The van der Waals surface area contributed by atoms with E-state index in [-0.39, 0.29) is 10.6 Å². The number of aryl methyl sites for hydroxylation is 1. The molecule has 0 atom stereocenters. The lowest BCUT2D eigenvalue weighted by Crippen LogP contribution is -2.13. The molecule has 0 radical (unpaired) electrons. The van der Waals surface area contributed by atoms with Crippen LogP contribution in [0.4, 0.5) is 5.69 Å². The maximum Gasteiger partial charge on any atom is 0.266 e. The Morgan fingerprint density at radius 1 is 1.17 bits per heavy atom. The molecule has 0 aliphatic heterocycles. The normalized spacial score (nSPS) is 11.2. The third-order valence-electron chi connectivity index (χ3n) is 4.40. The Balaban J connectivity index is 1.96. The van der Waals surface area contributed by atoms with Crippen LogP contribution >= 0.6 is 45.8 Å². The topological polar surface area (TPSA) is 57.8 Å². The molecule has 146 valence electrons. The highest BCUT2D eigenvalue weighted by Crippen LogP contribution is 2.30. The SMILES string of the molecule is Cc1cc(/C=C(/C#N)C(=O)Nc2cccc(Cl)c2Cl)c(C)n1-c1cccc(I)c1. The van der Waals surface area contributed by atoms with E-state index in [2.05, 4.69) is 38.5 Å². The van der Waals surface area contributed by atoms with Crippen molar-refractivity contribution in [2.75, 3.05) is 5.32 Å². The quantitative estimate of drug-likeness (QED) is 0.234. The van der Waals surface area contributed by atoms with Gasteiger partial charge in [0, 0.05) is 20.6 Å². The Morgan fingerprint density at radius 3 is 2.59 bits per heavy atom. The Labute approximate surface area is 192 Å². The minimum atomic E-state index is -0.546. The van der Waals surface area contributed by atoms with Crippen molar-refractivity contribution in [3.63, 3.8) is 0 Å². The first kappa shape index (κ1) is 21.4. The predicted molar refractivity (Wildman–Crippen MR) is 127 cm³/mol. The van der Waals surface area contributed by atoms with Crippen LogP contribution in [0.5, 0.6) is 0 Å². The maximum atomic E-state index is 12.6. The summed E-state index contributed by atoms with van der Waals surface area (Å²) in [6.07, 6.45) is 1.58. The summed E-state index contributed by atoms with van der Waals surface area (Å²) >= 11 is 14.4. The summed E-state index contributed by atoms with van der Waals surface area (Å²) in [5.74, 6) is -0.546. The van der Waals surface area contributed by atoms with E-state index >= 15 is 0 Å². The summed E-state index contributed by atoms with van der Waals surface area (Å²) in [5.41, 5.74) is 4.10. The van der Waals surface area contributed by atoms with Crippen molar-refractivity contribution in [2.45, 2.75) is 13.8 Å². The van der Waals surface area contributed by atoms with Crippen LogP contribution in [-0.2, 0) is 4.79 Å². The largest absolute Gasteiger partial charge is 0.320 e. The highest BCUT2D eigenvalue weighted by atomic mass is 127. The molecular weight excluding hydrogens is 520 g/mol. The van der Waals surface area contributed by atoms with Crippen molar-refractivity contribution < 1.29 is 4.79 Å². The molecule has 29 heavy (non-hydrogen) atoms. The first-order valence-corrected chi connectivity index (χ1v) is 10.5. The monoisotopic (exact) mass is 535 g/mol. The molecule has 0 fully saturated rings. The van der Waals surface area contributed by atoms with Gasteiger partial charge in [-0.25, -0.2) is 0 Å². The zero-order valence-corrected chi connectivity index (χ0v) is 19.3. The summed E-state index contributed by atoms with van der Waals surface area (Å²) in [6.45, 7) is 3.95. The van der Waals surface area contributed by atoms with Gasteiger partial charge < -0.3 is 9.88 Å². The number of rotatable bonds is 4. The fourth-order valence-corrected chi connectivity index (χ4v) is 3.91. The number of anilines is 1. The number of benzene rings is 2. The lowest BCUT2D eigenvalue weighted by Gasteiger charge is -2.10. The Bertz CT molecular complexity index is 1180. The van der Waals surface area contributed by atoms with Crippen LogP contribution in [0.25, 0.3) is 11.8 Å². The molecule has 0 spiro atoms. The second-order valence-electron chi connectivity index (χ2n) is 6.37. The first-order chi connectivity index (χ1) is 13.8. The van der Waals surface area contributed by atoms with Gasteiger partial charge in [-0.2, -0.15) is 5.26 Å². The minimum absolute atomic E-state index is 0.0241. The van der Waals surface area contributed by atoms with Crippen molar-refractivity contribution >= 4 is 63.5 Å². The number of hydrogen-bond donors (Lipinski definition) is 1. The average molecular weight is 536 g/mol. The van der Waals surface area contributed by atoms with E-state index in [1.165, 1.54) is 0 Å². The average Bonchev–Trinajstić information content (AvgIpc) is 2.96. The van der Waals surface area contributed by atoms with E-state index in [1.807, 2.05) is 44.2 Å². The van der Waals surface area contributed by atoms with Gasteiger partial charge in [-0.1, -0.05) is 35.3 Å². The molecule has 3 rings (SSSR count). The molecule has 2 aromatic carbocycles. The van der Waals surface area contributed by atoms with E-state index in [0.717, 1.165) is 26.2 Å². The van der Waals surface area contributed by atoms with E-state index in [0.29, 0.717) is 10.7 Å². The molecule has 0 unspecified atom stereocenters. The summed E-state index contributed by atoms with van der Waals surface area (Å²) in [7, 11) is 0. The van der Waals surface area contributed by atoms with Gasteiger partial charge in [0.05, 0.1) is 15.7 Å². The Morgan fingerprint density at radius 2 is 1.90 bits per heavy atom. The van der Waals surface area contributed by atoms with Gasteiger partial charge in [-0.05, 0) is 84.5 Å². The zero-order chi connectivity index (χ0) is 21.1. The van der Waals surface area contributed by atoms with Crippen LogP contribution in [0.3, 0.4) is 0 Å². The molecule has 0 bridgehead atoms. The minimum Gasteiger partial charge on any atom is -0.320 e. The summed E-state index contributed by atoms with van der Waals surface area (Å²) in [5, 5.41) is 12.7. The van der Waals surface area contributed by atoms with Crippen LogP contribution < -0.4 is 5.32 Å². The highest BCUT2D eigenvalue weighted by Gasteiger charge is 2.15. The zero-order valence-electron chi connectivity index (χ0n) is 15.6. The fraction of sp³-hybridized carbons (Fsp3) is 0.0909. The standard InChI is InChI=1S/C22H16Cl2IN3O/c1-13-9-15(14(2)28(13)18-6-3-5-17(25)11-18)10-16(12-26)22(29)27-20-8-4-7-19(23)21(20)24/h3-11H,1-2H3,(H,27,29)/b16-10-. The molecule has 0 aliphatic carbocycles. The van der Waals surface area contributed by atoms with Crippen LogP contribution in [-0.4, -0.2) is 10.5 Å². The molecule has 0 saturated carbocycles. The number of carbonyl (C=O) groups is 1. The van der Waals surface area contributed by atoms with Crippen molar-refractivity contribution in [2.24, 2.45) is 0 Å². The highest BCUT2D eigenvalue weighted by molar-refractivity contribution is 14.1. The molecule has 1 N–H and O–H groups in total. The van der Waals surface area contributed by atoms with Crippen LogP contribution in [0.15, 0.2) is 54.1 Å². The number of hydrogen-bond acceptors (Lipinski definition) is 2. The smallest absolute Gasteiger partial charge is 0.266 e. The molecule has 3 aromatic rings. The number of nitrogens with zero attached hydrogens (tertiary/aromatic N) is 2. The molecule has 7 heteroatoms. The van der Waals surface area contributed by atoms with Crippen molar-refractivity contribution in [1.29, 1.82) is 5.26 Å². The molecule has 0 saturated heterocycles.